The second-order valence-corrected chi connectivity index (χ2v) is 3.62. The molecule has 82 valence electrons. The third-order valence-corrected chi connectivity index (χ3v) is 2.52. The van der Waals surface area contributed by atoms with E-state index in [-0.39, 0.29) is 11.8 Å². The summed E-state index contributed by atoms with van der Waals surface area (Å²) in [7, 11) is 0. The summed E-state index contributed by atoms with van der Waals surface area (Å²) < 4.78 is 28.6. The highest BCUT2D eigenvalue weighted by Gasteiger charge is 2.26. The van der Waals surface area contributed by atoms with Gasteiger partial charge in [-0.2, -0.15) is 4.98 Å². The molecule has 0 bridgehead atoms. The Kier molecular flexibility index (Phi) is 2.75. The Morgan fingerprint density at radius 3 is 2.80 bits per heavy atom. The SMILES string of the molecule is O=C(Cc1nc(C2CCC2)no1)C(F)F. The van der Waals surface area contributed by atoms with E-state index in [1.54, 1.807) is 0 Å². The van der Waals surface area contributed by atoms with Gasteiger partial charge in [-0.1, -0.05) is 11.6 Å². The van der Waals surface area contributed by atoms with E-state index >= 15 is 0 Å². The largest absolute Gasteiger partial charge is 0.339 e. The van der Waals surface area contributed by atoms with Crippen molar-refractivity contribution in [2.75, 3.05) is 0 Å². The molecular weight excluding hydrogens is 206 g/mol. The van der Waals surface area contributed by atoms with Gasteiger partial charge >= 0.3 is 0 Å². The first-order valence-electron chi connectivity index (χ1n) is 4.80. The lowest BCUT2D eigenvalue weighted by atomic mass is 9.85. The first-order chi connectivity index (χ1) is 7.16. The van der Waals surface area contributed by atoms with Gasteiger partial charge in [0.05, 0.1) is 6.42 Å². The number of Topliss-reactive ketones (excluding diaryl/α,β-unsaturated/α-hetero) is 1. The van der Waals surface area contributed by atoms with Crippen molar-refractivity contribution in [1.29, 1.82) is 0 Å². The zero-order chi connectivity index (χ0) is 10.8. The number of hydrogen-bond donors (Lipinski definition) is 0. The zero-order valence-corrected chi connectivity index (χ0v) is 7.95. The fourth-order valence-electron chi connectivity index (χ4n) is 1.40. The van der Waals surface area contributed by atoms with E-state index in [0.717, 1.165) is 19.3 Å². The maximum absolute atomic E-state index is 11.9. The first-order valence-corrected chi connectivity index (χ1v) is 4.80. The summed E-state index contributed by atoms with van der Waals surface area (Å²) >= 11 is 0. The Hall–Kier alpha value is -1.33. The minimum absolute atomic E-state index is 0.0119. The fraction of sp³-hybridized carbons (Fsp3) is 0.667. The number of aromatic nitrogens is 2. The standard InChI is InChI=1S/C9H10F2N2O2/c10-8(11)6(14)4-7-12-9(13-15-7)5-2-1-3-5/h5,8H,1-4H2. The number of rotatable bonds is 4. The van der Waals surface area contributed by atoms with Crippen LogP contribution in [0.25, 0.3) is 0 Å². The Labute approximate surface area is 84.7 Å². The molecule has 0 amide bonds. The summed E-state index contributed by atoms with van der Waals surface area (Å²) in [5, 5.41) is 3.67. The summed E-state index contributed by atoms with van der Waals surface area (Å²) in [5.74, 6) is -0.372. The van der Waals surface area contributed by atoms with E-state index in [0.29, 0.717) is 5.82 Å². The predicted molar refractivity (Wildman–Crippen MR) is 45.6 cm³/mol. The van der Waals surface area contributed by atoms with Crippen LogP contribution < -0.4 is 0 Å². The molecule has 1 aliphatic carbocycles. The van der Waals surface area contributed by atoms with Crippen molar-refractivity contribution < 1.29 is 18.1 Å². The van der Waals surface area contributed by atoms with Crippen LogP contribution in [0.4, 0.5) is 8.78 Å². The third kappa shape index (κ3) is 2.19. The molecule has 0 saturated heterocycles. The van der Waals surface area contributed by atoms with E-state index < -0.39 is 18.6 Å². The fourth-order valence-corrected chi connectivity index (χ4v) is 1.40. The molecule has 1 aromatic heterocycles. The van der Waals surface area contributed by atoms with Crippen molar-refractivity contribution in [1.82, 2.24) is 10.1 Å². The molecule has 1 saturated carbocycles. The number of ketones is 1. The second-order valence-electron chi connectivity index (χ2n) is 3.62. The summed E-state index contributed by atoms with van der Waals surface area (Å²) in [6, 6.07) is 0. The smallest absolute Gasteiger partial charge is 0.296 e. The lowest BCUT2D eigenvalue weighted by Gasteiger charge is -2.20. The number of nitrogens with zero attached hydrogens (tertiary/aromatic N) is 2. The molecule has 0 aromatic carbocycles. The molecule has 0 aliphatic heterocycles. The molecule has 0 radical (unpaired) electrons. The molecule has 0 N–H and O–H groups in total. The van der Waals surface area contributed by atoms with E-state index in [1.165, 1.54) is 0 Å². The van der Waals surface area contributed by atoms with Crippen molar-refractivity contribution in [3.8, 4) is 0 Å². The van der Waals surface area contributed by atoms with Crippen LogP contribution in [-0.2, 0) is 11.2 Å². The second kappa shape index (κ2) is 4.04. The number of alkyl halides is 2. The van der Waals surface area contributed by atoms with Gasteiger partial charge in [0, 0.05) is 5.92 Å². The molecular formula is C9H10F2N2O2. The summed E-state index contributed by atoms with van der Waals surface area (Å²) in [6.45, 7) is 0. The maximum Gasteiger partial charge on any atom is 0.296 e. The number of carbonyl (C=O) groups excluding carboxylic acids is 1. The molecule has 2 rings (SSSR count). The van der Waals surface area contributed by atoms with Crippen LogP contribution in [0.2, 0.25) is 0 Å². The Morgan fingerprint density at radius 2 is 2.27 bits per heavy atom. The van der Waals surface area contributed by atoms with Crippen LogP contribution in [-0.4, -0.2) is 22.3 Å². The predicted octanol–water partition coefficient (Wildman–Crippen LogP) is 1.71. The Morgan fingerprint density at radius 1 is 1.53 bits per heavy atom. The highest BCUT2D eigenvalue weighted by atomic mass is 19.3. The van der Waals surface area contributed by atoms with Gasteiger partial charge < -0.3 is 4.52 Å². The van der Waals surface area contributed by atoms with Gasteiger partial charge in [-0.15, -0.1) is 0 Å². The van der Waals surface area contributed by atoms with Crippen molar-refractivity contribution in [2.45, 2.75) is 38.0 Å². The van der Waals surface area contributed by atoms with Crippen molar-refractivity contribution in [3.63, 3.8) is 0 Å². The molecule has 0 atom stereocenters. The molecule has 15 heavy (non-hydrogen) atoms. The lowest BCUT2D eigenvalue weighted by molar-refractivity contribution is -0.129. The van der Waals surface area contributed by atoms with Crippen LogP contribution in [0.3, 0.4) is 0 Å². The highest BCUT2D eigenvalue weighted by molar-refractivity contribution is 5.82. The lowest BCUT2D eigenvalue weighted by Crippen LogP contribution is -2.13. The average Bonchev–Trinajstić information content (AvgIpc) is 2.49. The van der Waals surface area contributed by atoms with Crippen molar-refractivity contribution >= 4 is 5.78 Å². The molecule has 1 aliphatic rings. The molecule has 1 fully saturated rings. The molecule has 1 heterocycles. The quantitative estimate of drug-likeness (QED) is 0.768. The van der Waals surface area contributed by atoms with Gasteiger partial charge in [0.1, 0.15) is 0 Å². The van der Waals surface area contributed by atoms with Gasteiger partial charge in [-0.3, -0.25) is 4.79 Å². The van der Waals surface area contributed by atoms with Crippen molar-refractivity contribution in [3.05, 3.63) is 11.7 Å². The van der Waals surface area contributed by atoms with Crippen LogP contribution in [0, 0.1) is 0 Å². The van der Waals surface area contributed by atoms with E-state index in [2.05, 4.69) is 10.1 Å². The number of carbonyl (C=O) groups is 1. The average molecular weight is 216 g/mol. The first kappa shape index (κ1) is 10.2. The topological polar surface area (TPSA) is 56.0 Å². The molecule has 0 unspecified atom stereocenters. The summed E-state index contributed by atoms with van der Waals surface area (Å²) in [6.07, 6.45) is -0.310. The zero-order valence-electron chi connectivity index (χ0n) is 7.95. The normalized spacial score (nSPS) is 16.7. The number of hydrogen-bond acceptors (Lipinski definition) is 4. The minimum atomic E-state index is -2.97. The van der Waals surface area contributed by atoms with Gasteiger partial charge in [0.2, 0.25) is 11.7 Å². The minimum Gasteiger partial charge on any atom is -0.339 e. The van der Waals surface area contributed by atoms with Gasteiger partial charge in [0.15, 0.2) is 5.82 Å². The van der Waals surface area contributed by atoms with Crippen molar-refractivity contribution in [2.24, 2.45) is 0 Å². The molecule has 0 spiro atoms. The maximum atomic E-state index is 11.9. The Balaban J connectivity index is 1.97. The third-order valence-electron chi connectivity index (χ3n) is 2.52. The van der Waals surface area contributed by atoms with Crippen LogP contribution in [0.1, 0.15) is 36.9 Å². The Bertz CT molecular complexity index is 361. The molecule has 6 heteroatoms. The molecule has 1 aromatic rings. The monoisotopic (exact) mass is 216 g/mol. The van der Waals surface area contributed by atoms with E-state index in [9.17, 15) is 13.6 Å². The summed E-state index contributed by atoms with van der Waals surface area (Å²) in [4.78, 5) is 14.6. The van der Waals surface area contributed by atoms with Crippen LogP contribution >= 0.6 is 0 Å². The number of halogens is 2. The highest BCUT2D eigenvalue weighted by Crippen LogP contribution is 2.34. The van der Waals surface area contributed by atoms with Gasteiger partial charge in [-0.25, -0.2) is 8.78 Å². The van der Waals surface area contributed by atoms with Gasteiger partial charge in [-0.05, 0) is 12.8 Å². The van der Waals surface area contributed by atoms with Crippen LogP contribution in [0.5, 0.6) is 0 Å². The van der Waals surface area contributed by atoms with E-state index in [1.807, 2.05) is 0 Å². The molecule has 4 nitrogen and oxygen atoms in total. The van der Waals surface area contributed by atoms with Gasteiger partial charge in [0.25, 0.3) is 6.43 Å². The summed E-state index contributed by atoms with van der Waals surface area (Å²) in [5.41, 5.74) is 0. The van der Waals surface area contributed by atoms with Crippen LogP contribution in [0.15, 0.2) is 4.52 Å². The van der Waals surface area contributed by atoms with E-state index in [4.69, 9.17) is 4.52 Å².